The third kappa shape index (κ3) is 7.26. The second kappa shape index (κ2) is 10.6. The van der Waals surface area contributed by atoms with Crippen LogP contribution in [0.2, 0.25) is 0 Å². The van der Waals surface area contributed by atoms with E-state index in [1.54, 1.807) is 0 Å². The lowest BCUT2D eigenvalue weighted by Gasteiger charge is -2.23. The van der Waals surface area contributed by atoms with Crippen LogP contribution in [0.15, 0.2) is 41.4 Å². The van der Waals surface area contributed by atoms with Gasteiger partial charge in [0.1, 0.15) is 0 Å². The molecule has 1 unspecified atom stereocenters. The standard InChI is InChI=1S/C17H28N4.HI/c1-6-14-7-9-15(10-8-14)16(21(4)5)12-20-17(18)19-11-13(2)3;/h7-10,16H,2,6,11-12H2,1,3-5H3,(H3,18,19,20);1H. The van der Waals surface area contributed by atoms with E-state index in [0.717, 1.165) is 12.0 Å². The summed E-state index contributed by atoms with van der Waals surface area (Å²) in [7, 11) is 4.12. The van der Waals surface area contributed by atoms with Crippen molar-refractivity contribution in [3.63, 3.8) is 0 Å². The second-order valence-electron chi connectivity index (χ2n) is 5.61. The Morgan fingerprint density at radius 2 is 1.91 bits per heavy atom. The summed E-state index contributed by atoms with van der Waals surface area (Å²) in [6.07, 6.45) is 1.06. The molecule has 4 nitrogen and oxygen atoms in total. The number of hydrogen-bond donors (Lipinski definition) is 2. The van der Waals surface area contributed by atoms with Crippen molar-refractivity contribution < 1.29 is 0 Å². The topological polar surface area (TPSA) is 53.6 Å². The minimum Gasteiger partial charge on any atom is -0.370 e. The number of likely N-dealkylation sites (N-methyl/N-ethyl adjacent to an activating group) is 1. The second-order valence-corrected chi connectivity index (χ2v) is 5.61. The number of nitrogens with one attached hydrogen (secondary N) is 1. The van der Waals surface area contributed by atoms with Crippen molar-refractivity contribution in [2.45, 2.75) is 26.3 Å². The van der Waals surface area contributed by atoms with Gasteiger partial charge < -0.3 is 16.0 Å². The van der Waals surface area contributed by atoms with Crippen molar-refractivity contribution in [3.8, 4) is 0 Å². The average Bonchev–Trinajstić information content (AvgIpc) is 2.45. The SMILES string of the molecule is C=C(C)CNC(N)=NCC(c1ccc(CC)cc1)N(C)C.I. The predicted octanol–water partition coefficient (Wildman–Crippen LogP) is 2.95. The summed E-state index contributed by atoms with van der Waals surface area (Å²) in [5.74, 6) is 0.468. The lowest BCUT2D eigenvalue weighted by Crippen LogP contribution is -2.34. The molecular weight excluding hydrogens is 387 g/mol. The first kappa shape index (κ1) is 20.9. The highest BCUT2D eigenvalue weighted by Crippen LogP contribution is 2.19. The van der Waals surface area contributed by atoms with E-state index >= 15 is 0 Å². The molecular formula is C17H29IN4. The van der Waals surface area contributed by atoms with E-state index in [4.69, 9.17) is 5.73 Å². The molecule has 0 radical (unpaired) electrons. The van der Waals surface area contributed by atoms with E-state index in [9.17, 15) is 0 Å². The number of nitrogens with zero attached hydrogens (tertiary/aromatic N) is 2. The first-order valence-corrected chi connectivity index (χ1v) is 7.37. The number of benzene rings is 1. The van der Waals surface area contributed by atoms with Gasteiger partial charge in [-0.25, -0.2) is 0 Å². The van der Waals surface area contributed by atoms with Gasteiger partial charge in [-0.3, -0.25) is 4.99 Å². The zero-order valence-electron chi connectivity index (χ0n) is 14.1. The van der Waals surface area contributed by atoms with Crippen molar-refractivity contribution >= 4 is 29.9 Å². The van der Waals surface area contributed by atoms with Crippen molar-refractivity contribution in [1.29, 1.82) is 0 Å². The first-order chi connectivity index (χ1) is 9.93. The lowest BCUT2D eigenvalue weighted by molar-refractivity contribution is 0.306. The number of aliphatic imine (C=N–C) groups is 1. The minimum atomic E-state index is 0. The molecule has 0 aliphatic heterocycles. The number of halogens is 1. The Morgan fingerprint density at radius 3 is 2.36 bits per heavy atom. The van der Waals surface area contributed by atoms with Crippen LogP contribution in [-0.2, 0) is 6.42 Å². The largest absolute Gasteiger partial charge is 0.370 e. The molecule has 0 bridgehead atoms. The predicted molar refractivity (Wildman–Crippen MR) is 107 cm³/mol. The highest BCUT2D eigenvalue weighted by atomic mass is 127. The Hall–Kier alpha value is -1.08. The first-order valence-electron chi connectivity index (χ1n) is 7.37. The van der Waals surface area contributed by atoms with Crippen LogP contribution < -0.4 is 11.1 Å². The van der Waals surface area contributed by atoms with Crippen LogP contribution in [0.5, 0.6) is 0 Å². The fourth-order valence-corrected chi connectivity index (χ4v) is 2.02. The summed E-state index contributed by atoms with van der Waals surface area (Å²) in [5, 5.41) is 3.06. The molecule has 1 rings (SSSR count). The summed E-state index contributed by atoms with van der Waals surface area (Å²) < 4.78 is 0. The molecule has 1 aromatic carbocycles. The van der Waals surface area contributed by atoms with E-state index in [1.165, 1.54) is 11.1 Å². The number of hydrogen-bond acceptors (Lipinski definition) is 2. The van der Waals surface area contributed by atoms with Gasteiger partial charge in [-0.1, -0.05) is 43.3 Å². The Kier molecular flexibility index (Phi) is 10.1. The van der Waals surface area contributed by atoms with Gasteiger partial charge in [0.15, 0.2) is 5.96 Å². The van der Waals surface area contributed by atoms with E-state index in [1.807, 2.05) is 6.92 Å². The Morgan fingerprint density at radius 1 is 1.32 bits per heavy atom. The maximum atomic E-state index is 5.87. The van der Waals surface area contributed by atoms with Gasteiger partial charge in [0.25, 0.3) is 0 Å². The van der Waals surface area contributed by atoms with E-state index in [0.29, 0.717) is 19.0 Å². The van der Waals surface area contributed by atoms with Gasteiger partial charge in [0, 0.05) is 6.54 Å². The maximum absolute atomic E-state index is 5.87. The van der Waals surface area contributed by atoms with Gasteiger partial charge in [0.2, 0.25) is 0 Å². The van der Waals surface area contributed by atoms with Gasteiger partial charge in [-0.15, -0.1) is 24.0 Å². The number of nitrogens with two attached hydrogens (primary N) is 1. The van der Waals surface area contributed by atoms with Crippen LogP contribution >= 0.6 is 24.0 Å². The lowest BCUT2D eigenvalue weighted by atomic mass is 10.0. The zero-order chi connectivity index (χ0) is 15.8. The molecule has 0 saturated heterocycles. The Bertz CT molecular complexity index is 480. The summed E-state index contributed by atoms with van der Waals surface area (Å²) in [6.45, 7) is 9.25. The van der Waals surface area contributed by atoms with Crippen LogP contribution in [0.3, 0.4) is 0 Å². The Balaban J connectivity index is 0.00000441. The van der Waals surface area contributed by atoms with Gasteiger partial charge >= 0.3 is 0 Å². The van der Waals surface area contributed by atoms with Gasteiger partial charge in [-0.05, 0) is 38.6 Å². The zero-order valence-corrected chi connectivity index (χ0v) is 16.4. The smallest absolute Gasteiger partial charge is 0.188 e. The number of guanidine groups is 1. The molecule has 22 heavy (non-hydrogen) atoms. The van der Waals surface area contributed by atoms with Crippen molar-refractivity contribution in [1.82, 2.24) is 10.2 Å². The van der Waals surface area contributed by atoms with Crippen LogP contribution in [0.25, 0.3) is 0 Å². The molecule has 0 saturated carbocycles. The molecule has 0 aliphatic carbocycles. The monoisotopic (exact) mass is 416 g/mol. The molecule has 0 fully saturated rings. The van der Waals surface area contributed by atoms with E-state index in [2.05, 4.69) is 67.1 Å². The molecule has 1 atom stereocenters. The van der Waals surface area contributed by atoms with Crippen LogP contribution in [-0.4, -0.2) is 38.0 Å². The van der Waals surface area contributed by atoms with Crippen LogP contribution in [0.1, 0.15) is 31.0 Å². The van der Waals surface area contributed by atoms with Gasteiger partial charge in [-0.2, -0.15) is 0 Å². The molecule has 0 spiro atoms. The molecule has 3 N–H and O–H groups in total. The highest BCUT2D eigenvalue weighted by Gasteiger charge is 2.13. The van der Waals surface area contributed by atoms with Crippen molar-refractivity contribution in [3.05, 3.63) is 47.5 Å². The summed E-state index contributed by atoms with van der Waals surface area (Å²) in [4.78, 5) is 6.60. The quantitative estimate of drug-likeness (QED) is 0.311. The van der Waals surface area contributed by atoms with Gasteiger partial charge in [0.05, 0.1) is 12.6 Å². The molecule has 5 heteroatoms. The number of aryl methyl sites for hydroxylation is 1. The van der Waals surface area contributed by atoms with Crippen LogP contribution in [0, 0.1) is 0 Å². The minimum absolute atomic E-state index is 0. The molecule has 124 valence electrons. The summed E-state index contributed by atoms with van der Waals surface area (Å²) >= 11 is 0. The molecule has 0 aromatic heterocycles. The molecule has 1 aromatic rings. The molecule has 0 aliphatic rings. The highest BCUT2D eigenvalue weighted by molar-refractivity contribution is 14.0. The van der Waals surface area contributed by atoms with E-state index in [-0.39, 0.29) is 30.0 Å². The Labute approximate surface area is 151 Å². The average molecular weight is 416 g/mol. The molecule has 0 amide bonds. The fraction of sp³-hybridized carbons (Fsp3) is 0.471. The number of rotatable bonds is 7. The third-order valence-electron chi connectivity index (χ3n) is 3.40. The summed E-state index contributed by atoms with van der Waals surface area (Å²) in [5.41, 5.74) is 9.52. The normalized spacial score (nSPS) is 12.7. The van der Waals surface area contributed by atoms with Crippen LogP contribution in [0.4, 0.5) is 0 Å². The fourth-order valence-electron chi connectivity index (χ4n) is 2.02. The van der Waals surface area contributed by atoms with Crippen molar-refractivity contribution in [2.24, 2.45) is 10.7 Å². The van der Waals surface area contributed by atoms with Crippen molar-refractivity contribution in [2.75, 3.05) is 27.2 Å². The third-order valence-corrected chi connectivity index (χ3v) is 3.40. The molecule has 0 heterocycles. The summed E-state index contributed by atoms with van der Waals surface area (Å²) in [6, 6.07) is 8.94. The maximum Gasteiger partial charge on any atom is 0.188 e. The van der Waals surface area contributed by atoms with E-state index < -0.39 is 0 Å².